The van der Waals surface area contributed by atoms with E-state index in [1.165, 1.54) is 0 Å². The summed E-state index contributed by atoms with van der Waals surface area (Å²) in [6.45, 7) is 4.71. The summed E-state index contributed by atoms with van der Waals surface area (Å²) in [6, 6.07) is 4.01. The van der Waals surface area contributed by atoms with Gasteiger partial charge in [0.1, 0.15) is 12.4 Å². The van der Waals surface area contributed by atoms with Gasteiger partial charge in [-0.3, -0.25) is 4.98 Å². The Balaban J connectivity index is 2.13. The highest BCUT2D eigenvalue weighted by Crippen LogP contribution is 2.24. The van der Waals surface area contributed by atoms with Crippen LogP contribution in [0.3, 0.4) is 0 Å². The van der Waals surface area contributed by atoms with Crippen molar-refractivity contribution in [2.45, 2.75) is 52.2 Å². The minimum absolute atomic E-state index is 0.148. The van der Waals surface area contributed by atoms with Gasteiger partial charge in [-0.25, -0.2) is 9.97 Å². The van der Waals surface area contributed by atoms with Crippen LogP contribution in [-0.2, 0) is 13.0 Å². The SMILES string of the molecule is CCC[C@@H](CCO)Nc1nc(CC)ncc1OCc1cccnc1. The zero-order valence-corrected chi connectivity index (χ0v) is 14.4. The van der Waals surface area contributed by atoms with E-state index < -0.39 is 0 Å². The molecule has 6 heteroatoms. The Bertz CT molecular complexity index is 601. The molecule has 24 heavy (non-hydrogen) atoms. The molecule has 0 amide bonds. The molecule has 0 radical (unpaired) electrons. The standard InChI is InChI=1S/C18H26N4O2/c1-3-6-15(8-10-23)21-18-16(12-20-17(4-2)22-18)24-13-14-7-5-9-19-11-14/h5,7,9,11-12,15,23H,3-4,6,8,10,13H2,1-2H3,(H,20,21,22)/t15-/m0/s1. The summed E-state index contributed by atoms with van der Waals surface area (Å²) < 4.78 is 5.89. The molecular formula is C18H26N4O2. The lowest BCUT2D eigenvalue weighted by atomic mass is 10.1. The van der Waals surface area contributed by atoms with Crippen LogP contribution in [0.15, 0.2) is 30.7 Å². The molecule has 0 unspecified atom stereocenters. The zero-order valence-electron chi connectivity index (χ0n) is 14.4. The van der Waals surface area contributed by atoms with E-state index in [9.17, 15) is 5.11 Å². The second kappa shape index (κ2) is 9.82. The van der Waals surface area contributed by atoms with Gasteiger partial charge < -0.3 is 15.2 Å². The van der Waals surface area contributed by atoms with E-state index in [4.69, 9.17) is 4.74 Å². The van der Waals surface area contributed by atoms with Gasteiger partial charge in [0.2, 0.25) is 0 Å². The number of hydrogen-bond acceptors (Lipinski definition) is 6. The summed E-state index contributed by atoms with van der Waals surface area (Å²) >= 11 is 0. The van der Waals surface area contributed by atoms with E-state index in [0.29, 0.717) is 24.6 Å². The Labute approximate surface area is 143 Å². The van der Waals surface area contributed by atoms with Crippen LogP contribution in [-0.4, -0.2) is 32.7 Å². The lowest BCUT2D eigenvalue weighted by molar-refractivity contribution is 0.275. The van der Waals surface area contributed by atoms with Gasteiger partial charge in [0.25, 0.3) is 0 Å². The van der Waals surface area contributed by atoms with Crippen molar-refractivity contribution in [2.75, 3.05) is 11.9 Å². The second-order valence-corrected chi connectivity index (χ2v) is 5.64. The first-order valence-electron chi connectivity index (χ1n) is 8.51. The summed E-state index contributed by atoms with van der Waals surface area (Å²) in [5, 5.41) is 12.7. The Morgan fingerprint density at radius 2 is 2.12 bits per heavy atom. The summed E-state index contributed by atoms with van der Waals surface area (Å²) in [7, 11) is 0. The number of hydrogen-bond donors (Lipinski definition) is 2. The largest absolute Gasteiger partial charge is 0.483 e. The lowest BCUT2D eigenvalue weighted by Crippen LogP contribution is -2.22. The van der Waals surface area contributed by atoms with E-state index >= 15 is 0 Å². The topological polar surface area (TPSA) is 80.2 Å². The molecular weight excluding hydrogens is 304 g/mol. The number of nitrogens with one attached hydrogen (secondary N) is 1. The van der Waals surface area contributed by atoms with Crippen LogP contribution in [0.4, 0.5) is 5.82 Å². The average molecular weight is 330 g/mol. The average Bonchev–Trinajstić information content (AvgIpc) is 2.62. The monoisotopic (exact) mass is 330 g/mol. The number of aryl methyl sites for hydroxylation is 1. The molecule has 2 N–H and O–H groups in total. The van der Waals surface area contributed by atoms with Crippen molar-refractivity contribution in [1.29, 1.82) is 0 Å². The molecule has 0 aromatic carbocycles. The van der Waals surface area contributed by atoms with Crippen molar-refractivity contribution < 1.29 is 9.84 Å². The molecule has 0 fully saturated rings. The molecule has 2 aromatic heterocycles. The van der Waals surface area contributed by atoms with E-state index in [1.807, 2.05) is 19.1 Å². The van der Waals surface area contributed by atoms with Crippen LogP contribution < -0.4 is 10.1 Å². The Hall–Kier alpha value is -2.21. The van der Waals surface area contributed by atoms with Gasteiger partial charge >= 0.3 is 0 Å². The fraction of sp³-hybridized carbons (Fsp3) is 0.500. The third-order valence-corrected chi connectivity index (χ3v) is 3.69. The summed E-state index contributed by atoms with van der Waals surface area (Å²) in [6.07, 6.45) is 8.67. The predicted octanol–water partition coefficient (Wildman–Crippen LogP) is 2.98. The molecule has 0 saturated heterocycles. The summed E-state index contributed by atoms with van der Waals surface area (Å²) in [4.78, 5) is 13.0. The maximum Gasteiger partial charge on any atom is 0.180 e. The van der Waals surface area contributed by atoms with Crippen molar-refractivity contribution >= 4 is 5.82 Å². The quantitative estimate of drug-likeness (QED) is 0.697. The minimum atomic E-state index is 0.148. The number of aliphatic hydroxyl groups is 1. The third-order valence-electron chi connectivity index (χ3n) is 3.69. The van der Waals surface area contributed by atoms with Gasteiger partial charge in [-0.1, -0.05) is 26.3 Å². The molecule has 0 saturated carbocycles. The highest BCUT2D eigenvalue weighted by atomic mass is 16.5. The first-order valence-corrected chi connectivity index (χ1v) is 8.51. The van der Waals surface area contributed by atoms with Crippen molar-refractivity contribution in [3.8, 4) is 5.75 Å². The normalized spacial score (nSPS) is 12.0. The molecule has 1 atom stereocenters. The zero-order chi connectivity index (χ0) is 17.2. The summed E-state index contributed by atoms with van der Waals surface area (Å²) in [5.74, 6) is 2.08. The molecule has 0 aliphatic heterocycles. The highest BCUT2D eigenvalue weighted by molar-refractivity contribution is 5.49. The third kappa shape index (κ3) is 5.45. The van der Waals surface area contributed by atoms with Crippen LogP contribution in [0.1, 0.15) is 44.5 Å². The van der Waals surface area contributed by atoms with E-state index in [0.717, 1.165) is 30.7 Å². The summed E-state index contributed by atoms with van der Waals surface area (Å²) in [5.41, 5.74) is 0.989. The van der Waals surface area contributed by atoms with Crippen molar-refractivity contribution in [3.63, 3.8) is 0 Å². The smallest absolute Gasteiger partial charge is 0.180 e. The van der Waals surface area contributed by atoms with Crippen LogP contribution in [0, 0.1) is 0 Å². The number of anilines is 1. The fourth-order valence-electron chi connectivity index (χ4n) is 2.42. The number of aromatic nitrogens is 3. The number of rotatable bonds is 10. The molecule has 130 valence electrons. The molecule has 0 spiro atoms. The van der Waals surface area contributed by atoms with Crippen LogP contribution in [0.5, 0.6) is 5.75 Å². The van der Waals surface area contributed by atoms with Crippen molar-refractivity contribution in [3.05, 3.63) is 42.1 Å². The Morgan fingerprint density at radius 3 is 2.79 bits per heavy atom. The molecule has 6 nitrogen and oxygen atoms in total. The molecule has 2 aromatic rings. The molecule has 0 bridgehead atoms. The number of aliphatic hydroxyl groups excluding tert-OH is 1. The van der Waals surface area contributed by atoms with E-state index in [-0.39, 0.29) is 12.6 Å². The van der Waals surface area contributed by atoms with Crippen LogP contribution in [0.25, 0.3) is 0 Å². The Kier molecular flexibility index (Phi) is 7.42. The van der Waals surface area contributed by atoms with Gasteiger partial charge in [0.15, 0.2) is 11.6 Å². The minimum Gasteiger partial charge on any atom is -0.483 e. The lowest BCUT2D eigenvalue weighted by Gasteiger charge is -2.20. The highest BCUT2D eigenvalue weighted by Gasteiger charge is 2.14. The van der Waals surface area contributed by atoms with Gasteiger partial charge in [-0.15, -0.1) is 0 Å². The first-order chi connectivity index (χ1) is 11.8. The Morgan fingerprint density at radius 1 is 1.25 bits per heavy atom. The van der Waals surface area contributed by atoms with Crippen LogP contribution >= 0.6 is 0 Å². The van der Waals surface area contributed by atoms with Gasteiger partial charge in [-0.05, 0) is 18.9 Å². The predicted molar refractivity (Wildman–Crippen MR) is 94.0 cm³/mol. The number of ether oxygens (including phenoxy) is 1. The number of nitrogens with zero attached hydrogens (tertiary/aromatic N) is 3. The second-order valence-electron chi connectivity index (χ2n) is 5.64. The van der Waals surface area contributed by atoms with Gasteiger partial charge in [0, 0.05) is 37.0 Å². The maximum atomic E-state index is 9.25. The number of pyridine rings is 1. The molecule has 2 heterocycles. The molecule has 2 rings (SSSR count). The maximum absolute atomic E-state index is 9.25. The van der Waals surface area contributed by atoms with E-state index in [1.54, 1.807) is 18.6 Å². The fourth-order valence-corrected chi connectivity index (χ4v) is 2.42. The van der Waals surface area contributed by atoms with Crippen molar-refractivity contribution in [2.24, 2.45) is 0 Å². The van der Waals surface area contributed by atoms with Gasteiger partial charge in [-0.2, -0.15) is 0 Å². The van der Waals surface area contributed by atoms with Crippen LogP contribution in [0.2, 0.25) is 0 Å². The van der Waals surface area contributed by atoms with E-state index in [2.05, 4.69) is 27.2 Å². The van der Waals surface area contributed by atoms with Gasteiger partial charge in [0.05, 0.1) is 6.20 Å². The molecule has 0 aliphatic rings. The molecule has 0 aliphatic carbocycles. The van der Waals surface area contributed by atoms with Crippen molar-refractivity contribution in [1.82, 2.24) is 15.0 Å². The first kappa shape index (κ1) is 18.1.